The van der Waals surface area contributed by atoms with E-state index in [0.717, 1.165) is 44.1 Å². The standard InChI is InChI=1S/C23H30N2O3/c1-15(2)17-9-7-16(8-10-17)13-24(18-11-12-18)21(26)14-25-22(27)19-5-3-4-6-20(19)23(25)28/h7-10,15,18-20H,3-6,11-14H2,1-2H3. The van der Waals surface area contributed by atoms with Crippen LogP contribution in [0.15, 0.2) is 24.3 Å². The molecule has 2 atom stereocenters. The zero-order valence-electron chi connectivity index (χ0n) is 16.9. The minimum absolute atomic E-state index is 0.0920. The second kappa shape index (κ2) is 7.69. The van der Waals surface area contributed by atoms with Gasteiger partial charge in [0.15, 0.2) is 0 Å². The number of likely N-dealkylation sites (tertiary alicyclic amines) is 1. The van der Waals surface area contributed by atoms with E-state index >= 15 is 0 Å². The highest BCUT2D eigenvalue weighted by Crippen LogP contribution is 2.38. The van der Waals surface area contributed by atoms with Crippen LogP contribution in [0.4, 0.5) is 0 Å². The van der Waals surface area contributed by atoms with Crippen molar-refractivity contribution >= 4 is 17.7 Å². The van der Waals surface area contributed by atoms with E-state index in [4.69, 9.17) is 0 Å². The molecule has 3 aliphatic rings. The molecule has 2 saturated carbocycles. The Kier molecular flexibility index (Phi) is 5.26. The number of carbonyl (C=O) groups excluding carboxylic acids is 3. The van der Waals surface area contributed by atoms with E-state index in [1.165, 1.54) is 10.5 Å². The maximum atomic E-state index is 13.0. The van der Waals surface area contributed by atoms with Crippen molar-refractivity contribution in [2.75, 3.05) is 6.54 Å². The molecule has 0 radical (unpaired) electrons. The number of nitrogens with zero attached hydrogens (tertiary/aromatic N) is 2. The minimum Gasteiger partial charge on any atom is -0.334 e. The van der Waals surface area contributed by atoms with Gasteiger partial charge in [0.1, 0.15) is 6.54 Å². The Morgan fingerprint density at radius 1 is 1.00 bits per heavy atom. The SMILES string of the molecule is CC(C)c1ccc(CN(C(=O)CN2C(=O)C3CCCCC3C2=O)C2CC2)cc1. The van der Waals surface area contributed by atoms with Crippen LogP contribution in [0.2, 0.25) is 0 Å². The number of benzene rings is 1. The van der Waals surface area contributed by atoms with Crippen LogP contribution in [-0.2, 0) is 20.9 Å². The summed E-state index contributed by atoms with van der Waals surface area (Å²) in [6.07, 6.45) is 5.58. The lowest BCUT2D eigenvalue weighted by Crippen LogP contribution is -2.43. The summed E-state index contributed by atoms with van der Waals surface area (Å²) in [6.45, 7) is 4.78. The third kappa shape index (κ3) is 3.71. The minimum atomic E-state index is -0.188. The molecule has 0 spiro atoms. The van der Waals surface area contributed by atoms with Gasteiger partial charge >= 0.3 is 0 Å². The Hall–Kier alpha value is -2.17. The van der Waals surface area contributed by atoms with Crippen molar-refractivity contribution in [3.8, 4) is 0 Å². The van der Waals surface area contributed by atoms with Crippen molar-refractivity contribution in [3.63, 3.8) is 0 Å². The van der Waals surface area contributed by atoms with E-state index in [9.17, 15) is 14.4 Å². The van der Waals surface area contributed by atoms with E-state index in [0.29, 0.717) is 12.5 Å². The topological polar surface area (TPSA) is 57.7 Å². The fourth-order valence-electron chi connectivity index (χ4n) is 4.62. The van der Waals surface area contributed by atoms with E-state index < -0.39 is 0 Å². The lowest BCUT2D eigenvalue weighted by molar-refractivity contribution is -0.147. The molecule has 2 unspecified atom stereocenters. The molecule has 1 aliphatic heterocycles. The predicted molar refractivity (Wildman–Crippen MR) is 106 cm³/mol. The van der Waals surface area contributed by atoms with Gasteiger partial charge in [-0.15, -0.1) is 0 Å². The summed E-state index contributed by atoms with van der Waals surface area (Å²) >= 11 is 0. The summed E-state index contributed by atoms with van der Waals surface area (Å²) in [4.78, 5) is 41.5. The van der Waals surface area contributed by atoms with Crippen LogP contribution < -0.4 is 0 Å². The van der Waals surface area contributed by atoms with Crippen LogP contribution in [0.25, 0.3) is 0 Å². The van der Waals surface area contributed by atoms with Gasteiger partial charge < -0.3 is 4.90 Å². The molecular formula is C23H30N2O3. The lowest BCUT2D eigenvalue weighted by Gasteiger charge is -2.25. The first-order valence-corrected chi connectivity index (χ1v) is 10.7. The first-order valence-electron chi connectivity index (χ1n) is 10.7. The summed E-state index contributed by atoms with van der Waals surface area (Å²) < 4.78 is 0. The van der Waals surface area contributed by atoms with Gasteiger partial charge in [-0.1, -0.05) is 51.0 Å². The summed E-state index contributed by atoms with van der Waals surface area (Å²) in [5, 5.41) is 0. The Morgan fingerprint density at radius 3 is 2.07 bits per heavy atom. The number of hydrogen-bond acceptors (Lipinski definition) is 3. The molecule has 1 aromatic carbocycles. The molecule has 28 heavy (non-hydrogen) atoms. The molecule has 3 fully saturated rings. The number of imide groups is 1. The Labute approximate surface area is 167 Å². The van der Waals surface area contributed by atoms with Crippen LogP contribution in [0, 0.1) is 11.8 Å². The van der Waals surface area contributed by atoms with E-state index in [1.54, 1.807) is 0 Å². The second-order valence-corrected chi connectivity index (χ2v) is 8.91. The van der Waals surface area contributed by atoms with Gasteiger partial charge in [0.25, 0.3) is 0 Å². The summed E-state index contributed by atoms with van der Waals surface area (Å²) in [5.74, 6) is -0.249. The lowest BCUT2D eigenvalue weighted by atomic mass is 9.81. The molecule has 5 heteroatoms. The number of amides is 3. The average molecular weight is 383 g/mol. The quantitative estimate of drug-likeness (QED) is 0.708. The highest BCUT2D eigenvalue weighted by molar-refractivity contribution is 6.07. The Bertz CT molecular complexity index is 743. The fourth-order valence-corrected chi connectivity index (χ4v) is 4.62. The number of hydrogen-bond donors (Lipinski definition) is 0. The van der Waals surface area contributed by atoms with Crippen LogP contribution in [-0.4, -0.2) is 40.1 Å². The molecule has 0 N–H and O–H groups in total. The fraction of sp³-hybridized carbons (Fsp3) is 0.609. The molecule has 3 amide bonds. The molecule has 150 valence electrons. The molecule has 0 aromatic heterocycles. The third-order valence-corrected chi connectivity index (χ3v) is 6.53. The molecule has 4 rings (SSSR count). The summed E-state index contributed by atoms with van der Waals surface area (Å²) in [6, 6.07) is 8.64. The van der Waals surface area contributed by atoms with Crippen molar-refractivity contribution in [2.24, 2.45) is 11.8 Å². The highest BCUT2D eigenvalue weighted by Gasteiger charge is 2.49. The van der Waals surface area contributed by atoms with Gasteiger partial charge in [-0.25, -0.2) is 0 Å². The third-order valence-electron chi connectivity index (χ3n) is 6.53. The van der Waals surface area contributed by atoms with Gasteiger partial charge in [0, 0.05) is 12.6 Å². The van der Waals surface area contributed by atoms with Gasteiger partial charge in [-0.2, -0.15) is 0 Å². The molecule has 1 heterocycles. The first kappa shape index (κ1) is 19.2. The van der Waals surface area contributed by atoms with Crippen LogP contribution in [0.5, 0.6) is 0 Å². The average Bonchev–Trinajstić information content (AvgIpc) is 3.51. The van der Waals surface area contributed by atoms with Crippen molar-refractivity contribution in [1.82, 2.24) is 9.80 Å². The molecule has 1 saturated heterocycles. The molecule has 1 aromatic rings. The largest absolute Gasteiger partial charge is 0.334 e. The number of rotatable bonds is 6. The van der Waals surface area contributed by atoms with Gasteiger partial charge in [0.05, 0.1) is 11.8 Å². The monoisotopic (exact) mass is 382 g/mol. The van der Waals surface area contributed by atoms with Crippen LogP contribution >= 0.6 is 0 Å². The zero-order chi connectivity index (χ0) is 19.8. The number of fused-ring (bicyclic) bond motifs is 1. The van der Waals surface area contributed by atoms with Crippen molar-refractivity contribution in [2.45, 2.75) is 70.9 Å². The summed E-state index contributed by atoms with van der Waals surface area (Å²) in [7, 11) is 0. The smallest absolute Gasteiger partial charge is 0.243 e. The maximum Gasteiger partial charge on any atom is 0.243 e. The van der Waals surface area contributed by atoms with Gasteiger partial charge in [-0.05, 0) is 42.7 Å². The zero-order valence-corrected chi connectivity index (χ0v) is 16.9. The van der Waals surface area contributed by atoms with Crippen molar-refractivity contribution in [3.05, 3.63) is 35.4 Å². The molecule has 5 nitrogen and oxygen atoms in total. The first-order chi connectivity index (χ1) is 13.5. The predicted octanol–water partition coefficient (Wildman–Crippen LogP) is 3.48. The van der Waals surface area contributed by atoms with Gasteiger partial charge in [-0.3, -0.25) is 19.3 Å². The van der Waals surface area contributed by atoms with Gasteiger partial charge in [0.2, 0.25) is 17.7 Å². The van der Waals surface area contributed by atoms with Crippen molar-refractivity contribution < 1.29 is 14.4 Å². The summed E-state index contributed by atoms with van der Waals surface area (Å²) in [5.41, 5.74) is 2.38. The number of carbonyl (C=O) groups is 3. The maximum absolute atomic E-state index is 13.0. The van der Waals surface area contributed by atoms with Crippen molar-refractivity contribution in [1.29, 1.82) is 0 Å². The second-order valence-electron chi connectivity index (χ2n) is 8.91. The normalized spacial score (nSPS) is 24.6. The molecular weight excluding hydrogens is 352 g/mol. The Balaban J connectivity index is 1.44. The van der Waals surface area contributed by atoms with E-state index in [2.05, 4.69) is 38.1 Å². The molecule has 0 bridgehead atoms. The molecule has 2 aliphatic carbocycles. The van der Waals surface area contributed by atoms with E-state index in [1.807, 2.05) is 4.90 Å². The van der Waals surface area contributed by atoms with Crippen LogP contribution in [0.1, 0.15) is 69.4 Å². The Morgan fingerprint density at radius 2 is 1.57 bits per heavy atom. The highest BCUT2D eigenvalue weighted by atomic mass is 16.2. The van der Waals surface area contributed by atoms with Crippen LogP contribution in [0.3, 0.4) is 0 Å². The van der Waals surface area contributed by atoms with E-state index in [-0.39, 0.29) is 42.1 Å².